The molecule has 2 aromatic rings. The normalized spacial score (nSPS) is 21.2. The Bertz CT molecular complexity index is 668. The maximum absolute atomic E-state index is 12.0. The van der Waals surface area contributed by atoms with E-state index in [4.69, 9.17) is 11.6 Å². The molecule has 1 aliphatic carbocycles. The molecular weight excluding hydrogens is 262 g/mol. The third-order valence-electron chi connectivity index (χ3n) is 3.48. The van der Waals surface area contributed by atoms with Crippen LogP contribution in [0.2, 0.25) is 0 Å². The SMILES string of the molecule is Cn1ccnc(NC2c3ccccc3CC2Cl)c1=O. The van der Waals surface area contributed by atoms with Gasteiger partial charge >= 0.3 is 0 Å². The second kappa shape index (κ2) is 4.70. The summed E-state index contributed by atoms with van der Waals surface area (Å²) in [5.74, 6) is 0.345. The van der Waals surface area contributed by atoms with Crippen molar-refractivity contribution in [3.05, 3.63) is 58.1 Å². The Morgan fingerprint density at radius 1 is 1.42 bits per heavy atom. The largest absolute Gasteiger partial charge is 0.357 e. The lowest BCUT2D eigenvalue weighted by molar-refractivity contribution is 0.753. The first-order valence-corrected chi connectivity index (χ1v) is 6.60. The van der Waals surface area contributed by atoms with Gasteiger partial charge in [0.25, 0.3) is 5.56 Å². The molecule has 1 N–H and O–H groups in total. The van der Waals surface area contributed by atoms with Crippen LogP contribution in [-0.4, -0.2) is 14.9 Å². The maximum atomic E-state index is 12.0. The molecule has 2 unspecified atom stereocenters. The van der Waals surface area contributed by atoms with E-state index in [0.29, 0.717) is 5.82 Å². The highest BCUT2D eigenvalue weighted by Gasteiger charge is 2.31. The molecule has 1 aromatic heterocycles. The molecule has 0 saturated carbocycles. The average Bonchev–Trinajstić information content (AvgIpc) is 2.72. The third-order valence-corrected chi connectivity index (χ3v) is 3.88. The van der Waals surface area contributed by atoms with Crippen LogP contribution in [0, 0.1) is 0 Å². The summed E-state index contributed by atoms with van der Waals surface area (Å²) in [6.07, 6.45) is 4.05. The molecule has 98 valence electrons. The summed E-state index contributed by atoms with van der Waals surface area (Å²) in [4.78, 5) is 16.1. The lowest BCUT2D eigenvalue weighted by Gasteiger charge is -2.17. The number of alkyl halides is 1. The van der Waals surface area contributed by atoms with E-state index in [-0.39, 0.29) is 17.0 Å². The van der Waals surface area contributed by atoms with Crippen LogP contribution in [-0.2, 0) is 13.5 Å². The van der Waals surface area contributed by atoms with Crippen molar-refractivity contribution in [1.29, 1.82) is 0 Å². The number of anilines is 1. The van der Waals surface area contributed by atoms with E-state index in [1.165, 1.54) is 10.1 Å². The van der Waals surface area contributed by atoms with Crippen LogP contribution < -0.4 is 10.9 Å². The predicted molar refractivity (Wildman–Crippen MR) is 75.6 cm³/mol. The van der Waals surface area contributed by atoms with Crippen molar-refractivity contribution in [3.63, 3.8) is 0 Å². The van der Waals surface area contributed by atoms with Gasteiger partial charge in [0.2, 0.25) is 0 Å². The van der Waals surface area contributed by atoms with Gasteiger partial charge in [-0.05, 0) is 17.5 Å². The molecule has 2 atom stereocenters. The Morgan fingerprint density at radius 3 is 3.05 bits per heavy atom. The Morgan fingerprint density at radius 2 is 2.21 bits per heavy atom. The fourth-order valence-electron chi connectivity index (χ4n) is 2.46. The van der Waals surface area contributed by atoms with E-state index in [1.807, 2.05) is 18.2 Å². The first-order valence-electron chi connectivity index (χ1n) is 6.17. The minimum absolute atomic E-state index is 0.0656. The van der Waals surface area contributed by atoms with Crippen LogP contribution in [0.15, 0.2) is 41.5 Å². The monoisotopic (exact) mass is 275 g/mol. The molecule has 0 amide bonds. The number of aromatic nitrogens is 2. The molecule has 19 heavy (non-hydrogen) atoms. The summed E-state index contributed by atoms with van der Waals surface area (Å²) in [5, 5.41) is 3.11. The highest BCUT2D eigenvalue weighted by Crippen LogP contribution is 2.36. The second-order valence-corrected chi connectivity index (χ2v) is 5.29. The molecule has 0 fully saturated rings. The molecule has 1 aliphatic rings. The molecule has 0 aliphatic heterocycles. The first kappa shape index (κ1) is 12.2. The van der Waals surface area contributed by atoms with E-state index >= 15 is 0 Å². The van der Waals surface area contributed by atoms with Gasteiger partial charge in [-0.1, -0.05) is 24.3 Å². The molecule has 4 nitrogen and oxygen atoms in total. The first-order chi connectivity index (χ1) is 9.16. The number of aryl methyl sites for hydroxylation is 1. The number of halogens is 1. The van der Waals surface area contributed by atoms with Crippen molar-refractivity contribution in [3.8, 4) is 0 Å². The molecule has 1 heterocycles. The summed E-state index contributed by atoms with van der Waals surface area (Å²) < 4.78 is 1.50. The molecule has 3 rings (SSSR count). The number of nitrogens with zero attached hydrogens (tertiary/aromatic N) is 2. The van der Waals surface area contributed by atoms with Crippen molar-refractivity contribution >= 4 is 17.4 Å². The number of nitrogens with one attached hydrogen (secondary N) is 1. The van der Waals surface area contributed by atoms with Gasteiger partial charge in [0, 0.05) is 19.4 Å². The van der Waals surface area contributed by atoms with Gasteiger partial charge in [0.15, 0.2) is 5.82 Å². The molecule has 5 heteroatoms. The topological polar surface area (TPSA) is 46.9 Å². The fourth-order valence-corrected chi connectivity index (χ4v) is 2.82. The molecular formula is C14H14ClN3O. The van der Waals surface area contributed by atoms with Gasteiger partial charge in [-0.25, -0.2) is 4.98 Å². The predicted octanol–water partition coefficient (Wildman–Crippen LogP) is 2.10. The minimum Gasteiger partial charge on any atom is -0.357 e. The zero-order valence-electron chi connectivity index (χ0n) is 10.5. The van der Waals surface area contributed by atoms with Crippen LogP contribution in [0.1, 0.15) is 17.2 Å². The smallest absolute Gasteiger partial charge is 0.293 e. The number of hydrogen-bond donors (Lipinski definition) is 1. The lowest BCUT2D eigenvalue weighted by Crippen LogP contribution is -2.26. The van der Waals surface area contributed by atoms with Crippen LogP contribution in [0.3, 0.4) is 0 Å². The molecule has 1 aromatic carbocycles. The van der Waals surface area contributed by atoms with Crippen molar-refractivity contribution in [1.82, 2.24) is 9.55 Å². The van der Waals surface area contributed by atoms with E-state index in [0.717, 1.165) is 12.0 Å². The Labute approximate surface area is 116 Å². The van der Waals surface area contributed by atoms with Crippen LogP contribution in [0.25, 0.3) is 0 Å². The van der Waals surface area contributed by atoms with Crippen molar-refractivity contribution < 1.29 is 0 Å². The Hall–Kier alpha value is -1.81. The van der Waals surface area contributed by atoms with Crippen molar-refractivity contribution in [2.75, 3.05) is 5.32 Å². The minimum atomic E-state index is -0.143. The summed E-state index contributed by atoms with van der Waals surface area (Å²) in [7, 11) is 1.70. The van der Waals surface area contributed by atoms with Gasteiger partial charge in [0.1, 0.15) is 0 Å². The zero-order chi connectivity index (χ0) is 13.4. The van der Waals surface area contributed by atoms with Gasteiger partial charge in [-0.15, -0.1) is 11.6 Å². The number of hydrogen-bond acceptors (Lipinski definition) is 3. The van der Waals surface area contributed by atoms with Gasteiger partial charge in [-0.2, -0.15) is 0 Å². The standard InChI is InChI=1S/C14H14ClN3O/c1-18-7-6-16-13(14(18)19)17-12-10-5-3-2-4-9(10)8-11(12)15/h2-7,11-12H,8H2,1H3,(H,16,17). The van der Waals surface area contributed by atoms with Gasteiger partial charge < -0.3 is 9.88 Å². The quantitative estimate of drug-likeness (QED) is 0.854. The fraction of sp³-hybridized carbons (Fsp3) is 0.286. The molecule has 0 bridgehead atoms. The number of fused-ring (bicyclic) bond motifs is 1. The summed E-state index contributed by atoms with van der Waals surface area (Å²) in [5.41, 5.74) is 2.23. The number of benzene rings is 1. The maximum Gasteiger partial charge on any atom is 0.293 e. The van der Waals surface area contributed by atoms with Crippen molar-refractivity contribution in [2.24, 2.45) is 7.05 Å². The van der Waals surface area contributed by atoms with Gasteiger partial charge in [-0.3, -0.25) is 4.79 Å². The van der Waals surface area contributed by atoms with Gasteiger partial charge in [0.05, 0.1) is 11.4 Å². The zero-order valence-corrected chi connectivity index (χ0v) is 11.3. The van der Waals surface area contributed by atoms with E-state index in [2.05, 4.69) is 16.4 Å². The summed E-state index contributed by atoms with van der Waals surface area (Å²) in [6.45, 7) is 0. The highest BCUT2D eigenvalue weighted by molar-refractivity contribution is 6.21. The third kappa shape index (κ3) is 2.12. The lowest BCUT2D eigenvalue weighted by atomic mass is 10.1. The van der Waals surface area contributed by atoms with Crippen molar-refractivity contribution in [2.45, 2.75) is 17.8 Å². The Balaban J connectivity index is 1.96. The van der Waals surface area contributed by atoms with Crippen LogP contribution in [0.4, 0.5) is 5.82 Å². The molecule has 0 radical (unpaired) electrons. The highest BCUT2D eigenvalue weighted by atomic mass is 35.5. The summed E-state index contributed by atoms with van der Waals surface area (Å²) in [6, 6.07) is 8.04. The van der Waals surface area contributed by atoms with Crippen LogP contribution >= 0.6 is 11.6 Å². The van der Waals surface area contributed by atoms with E-state index in [1.54, 1.807) is 19.4 Å². The molecule has 0 spiro atoms. The second-order valence-electron chi connectivity index (χ2n) is 4.73. The van der Waals surface area contributed by atoms with E-state index in [9.17, 15) is 4.79 Å². The average molecular weight is 276 g/mol. The van der Waals surface area contributed by atoms with E-state index < -0.39 is 0 Å². The summed E-state index contributed by atoms with van der Waals surface area (Å²) >= 11 is 6.39. The molecule has 0 saturated heterocycles. The Kier molecular flexibility index (Phi) is 3.03. The number of rotatable bonds is 2. The van der Waals surface area contributed by atoms with Crippen LogP contribution in [0.5, 0.6) is 0 Å².